The van der Waals surface area contributed by atoms with E-state index in [2.05, 4.69) is 0 Å². The van der Waals surface area contributed by atoms with E-state index in [0.717, 1.165) is 12.0 Å². The Morgan fingerprint density at radius 1 is 1.50 bits per heavy atom. The second-order valence-corrected chi connectivity index (χ2v) is 2.82. The van der Waals surface area contributed by atoms with Gasteiger partial charge in [0.15, 0.2) is 11.6 Å². The van der Waals surface area contributed by atoms with Crippen molar-refractivity contribution in [1.82, 2.24) is 0 Å². The van der Waals surface area contributed by atoms with Crippen LogP contribution in [0.2, 0.25) is 0 Å². The number of rotatable bonds is 1. The lowest BCUT2D eigenvalue weighted by Gasteiger charge is -2.02. The van der Waals surface area contributed by atoms with Crippen LogP contribution in [0.1, 0.15) is 11.1 Å². The molecule has 2 nitrogen and oxygen atoms in total. The Morgan fingerprint density at radius 3 is 3.08 bits per heavy atom. The molecule has 1 heterocycles. The van der Waals surface area contributed by atoms with Gasteiger partial charge in [0.25, 0.3) is 0 Å². The first-order valence-electron chi connectivity index (χ1n) is 3.86. The zero-order chi connectivity index (χ0) is 8.55. The number of ether oxygens (including phenoxy) is 1. The normalized spacial score (nSPS) is 14.2. The zero-order valence-corrected chi connectivity index (χ0v) is 6.51. The highest BCUT2D eigenvalue weighted by atomic mass is 19.1. The molecule has 0 saturated heterocycles. The maximum Gasteiger partial charge on any atom is 0.165 e. The molecule has 0 unspecified atom stereocenters. The molecule has 0 aliphatic carbocycles. The van der Waals surface area contributed by atoms with Gasteiger partial charge in [0, 0.05) is 12.0 Å². The minimum absolute atomic E-state index is 0.121. The average molecular weight is 168 g/mol. The molecule has 0 fully saturated rings. The van der Waals surface area contributed by atoms with Crippen molar-refractivity contribution in [2.45, 2.75) is 13.0 Å². The standard InChI is InChI=1S/C9H9FO2/c10-8-4-6(5-11)3-7-1-2-12-9(7)8/h3-4,11H,1-2,5H2. The van der Waals surface area contributed by atoms with Crippen LogP contribution in [0.3, 0.4) is 0 Å². The topological polar surface area (TPSA) is 29.5 Å². The lowest BCUT2D eigenvalue weighted by atomic mass is 10.1. The third-order valence-electron chi connectivity index (χ3n) is 1.98. The Morgan fingerprint density at radius 2 is 2.33 bits per heavy atom. The molecule has 64 valence electrons. The summed E-state index contributed by atoms with van der Waals surface area (Å²) >= 11 is 0. The molecule has 1 N–H and O–H groups in total. The van der Waals surface area contributed by atoms with Crippen LogP contribution in [0.25, 0.3) is 0 Å². The molecule has 0 amide bonds. The summed E-state index contributed by atoms with van der Waals surface area (Å²) in [6.45, 7) is 0.422. The summed E-state index contributed by atoms with van der Waals surface area (Å²) in [6.07, 6.45) is 0.736. The van der Waals surface area contributed by atoms with Gasteiger partial charge in [-0.1, -0.05) is 0 Å². The first kappa shape index (κ1) is 7.55. The number of benzene rings is 1. The van der Waals surface area contributed by atoms with E-state index in [0.29, 0.717) is 17.9 Å². The van der Waals surface area contributed by atoms with Crippen LogP contribution in [0.4, 0.5) is 4.39 Å². The highest BCUT2D eigenvalue weighted by molar-refractivity contribution is 5.41. The van der Waals surface area contributed by atoms with E-state index in [-0.39, 0.29) is 12.4 Å². The molecule has 1 aliphatic rings. The summed E-state index contributed by atoms with van der Waals surface area (Å²) in [5, 5.41) is 8.79. The van der Waals surface area contributed by atoms with Crippen molar-refractivity contribution in [3.05, 3.63) is 29.1 Å². The van der Waals surface area contributed by atoms with Crippen LogP contribution < -0.4 is 4.74 Å². The quantitative estimate of drug-likeness (QED) is 0.683. The Hall–Kier alpha value is -1.09. The Kier molecular flexibility index (Phi) is 1.73. The summed E-state index contributed by atoms with van der Waals surface area (Å²) in [5.74, 6) is -0.0127. The molecule has 1 aliphatic heterocycles. The van der Waals surface area contributed by atoms with Gasteiger partial charge in [0.2, 0.25) is 0 Å². The van der Waals surface area contributed by atoms with Gasteiger partial charge in [-0.05, 0) is 17.7 Å². The van der Waals surface area contributed by atoms with Crippen LogP contribution in [0.15, 0.2) is 12.1 Å². The summed E-state index contributed by atoms with van der Waals surface area (Å²) in [4.78, 5) is 0. The number of hydrogen-bond acceptors (Lipinski definition) is 2. The third kappa shape index (κ3) is 1.06. The lowest BCUT2D eigenvalue weighted by molar-refractivity contribution is 0.280. The Bertz CT molecular complexity index is 310. The molecule has 2 rings (SSSR count). The fourth-order valence-electron chi connectivity index (χ4n) is 1.41. The molecule has 3 heteroatoms. The molecule has 0 atom stereocenters. The van der Waals surface area contributed by atoms with Gasteiger partial charge in [-0.3, -0.25) is 0 Å². The van der Waals surface area contributed by atoms with Crippen LogP contribution in [0, 0.1) is 5.82 Å². The SMILES string of the molecule is OCc1cc(F)c2c(c1)CCO2. The molecule has 0 aromatic heterocycles. The van der Waals surface area contributed by atoms with E-state index in [4.69, 9.17) is 9.84 Å². The largest absolute Gasteiger partial charge is 0.490 e. The summed E-state index contributed by atoms with van der Waals surface area (Å²) in [6, 6.07) is 3.09. The van der Waals surface area contributed by atoms with Crippen molar-refractivity contribution in [3.63, 3.8) is 0 Å². The molecule has 12 heavy (non-hydrogen) atoms. The first-order valence-corrected chi connectivity index (χ1v) is 3.86. The van der Waals surface area contributed by atoms with E-state index in [1.54, 1.807) is 6.07 Å². The highest BCUT2D eigenvalue weighted by Gasteiger charge is 2.17. The number of fused-ring (bicyclic) bond motifs is 1. The molecule has 1 aromatic rings. The van der Waals surface area contributed by atoms with E-state index in [1.807, 2.05) is 0 Å². The van der Waals surface area contributed by atoms with Crippen molar-refractivity contribution in [3.8, 4) is 5.75 Å². The smallest absolute Gasteiger partial charge is 0.165 e. The Labute approximate surface area is 69.6 Å². The second kappa shape index (κ2) is 2.75. The minimum Gasteiger partial charge on any atom is -0.490 e. The first-order chi connectivity index (χ1) is 5.81. The average Bonchev–Trinajstić information content (AvgIpc) is 2.52. The van der Waals surface area contributed by atoms with Crippen molar-refractivity contribution in [2.24, 2.45) is 0 Å². The summed E-state index contributed by atoms with van der Waals surface area (Å²) in [7, 11) is 0. The molecule has 0 bridgehead atoms. The van der Waals surface area contributed by atoms with Crippen molar-refractivity contribution >= 4 is 0 Å². The number of aliphatic hydroxyl groups excluding tert-OH is 1. The van der Waals surface area contributed by atoms with Crippen molar-refractivity contribution in [1.29, 1.82) is 0 Å². The highest BCUT2D eigenvalue weighted by Crippen LogP contribution is 2.29. The summed E-state index contributed by atoms with van der Waals surface area (Å²) < 4.78 is 18.2. The van der Waals surface area contributed by atoms with Crippen LogP contribution in [-0.2, 0) is 13.0 Å². The fourth-order valence-corrected chi connectivity index (χ4v) is 1.41. The van der Waals surface area contributed by atoms with Crippen molar-refractivity contribution < 1.29 is 14.2 Å². The molecular weight excluding hydrogens is 159 g/mol. The zero-order valence-electron chi connectivity index (χ0n) is 6.51. The van der Waals surface area contributed by atoms with Crippen molar-refractivity contribution in [2.75, 3.05) is 6.61 Å². The van der Waals surface area contributed by atoms with Gasteiger partial charge in [-0.2, -0.15) is 0 Å². The van der Waals surface area contributed by atoms with Crippen LogP contribution >= 0.6 is 0 Å². The summed E-state index contributed by atoms with van der Waals surface area (Å²) in [5.41, 5.74) is 1.47. The Balaban J connectivity index is 2.51. The lowest BCUT2D eigenvalue weighted by Crippen LogP contribution is -1.90. The van der Waals surface area contributed by atoms with Gasteiger partial charge in [-0.15, -0.1) is 0 Å². The van der Waals surface area contributed by atoms with E-state index in [1.165, 1.54) is 6.07 Å². The second-order valence-electron chi connectivity index (χ2n) is 2.82. The van der Waals surface area contributed by atoms with Gasteiger partial charge >= 0.3 is 0 Å². The number of hydrogen-bond donors (Lipinski definition) is 1. The van der Waals surface area contributed by atoms with Gasteiger partial charge in [0.1, 0.15) is 0 Å². The fraction of sp³-hybridized carbons (Fsp3) is 0.333. The molecule has 1 aromatic carbocycles. The van der Waals surface area contributed by atoms with Gasteiger partial charge < -0.3 is 9.84 Å². The predicted octanol–water partition coefficient (Wildman–Crippen LogP) is 1.25. The third-order valence-corrected chi connectivity index (χ3v) is 1.98. The number of halogens is 1. The minimum atomic E-state index is -0.367. The monoisotopic (exact) mass is 168 g/mol. The van der Waals surface area contributed by atoms with E-state index >= 15 is 0 Å². The molecule has 0 spiro atoms. The van der Waals surface area contributed by atoms with E-state index < -0.39 is 0 Å². The van der Waals surface area contributed by atoms with Gasteiger partial charge in [0.05, 0.1) is 13.2 Å². The molecule has 0 saturated carbocycles. The molecular formula is C9H9FO2. The number of aliphatic hydroxyl groups is 1. The molecule has 0 radical (unpaired) electrons. The van der Waals surface area contributed by atoms with E-state index in [9.17, 15) is 4.39 Å². The predicted molar refractivity (Wildman–Crippen MR) is 41.5 cm³/mol. The van der Waals surface area contributed by atoms with Crippen LogP contribution in [-0.4, -0.2) is 11.7 Å². The van der Waals surface area contributed by atoms with Crippen LogP contribution in [0.5, 0.6) is 5.75 Å². The van der Waals surface area contributed by atoms with Gasteiger partial charge in [-0.25, -0.2) is 4.39 Å². The maximum absolute atomic E-state index is 13.1. The maximum atomic E-state index is 13.1.